The van der Waals surface area contributed by atoms with E-state index in [0.717, 1.165) is 49.5 Å². The van der Waals surface area contributed by atoms with E-state index in [4.69, 9.17) is 31.0 Å². The predicted molar refractivity (Wildman–Crippen MR) is 152 cm³/mol. The highest BCUT2D eigenvalue weighted by atomic mass is 35.5. The van der Waals surface area contributed by atoms with Crippen LogP contribution < -0.4 is 10.1 Å². The third-order valence-corrected chi connectivity index (χ3v) is 7.39. The Morgan fingerprint density at radius 2 is 1.97 bits per heavy atom. The van der Waals surface area contributed by atoms with Gasteiger partial charge in [0.2, 0.25) is 5.88 Å². The molecule has 10 heteroatoms. The molecule has 0 atom stereocenters. The summed E-state index contributed by atoms with van der Waals surface area (Å²) in [6, 6.07) is 11.3. The van der Waals surface area contributed by atoms with Gasteiger partial charge in [0, 0.05) is 61.1 Å². The van der Waals surface area contributed by atoms with Crippen LogP contribution in [0, 0.1) is 6.92 Å². The van der Waals surface area contributed by atoms with Crippen LogP contribution in [0.3, 0.4) is 0 Å². The normalized spacial score (nSPS) is 14.0. The van der Waals surface area contributed by atoms with Gasteiger partial charge < -0.3 is 19.7 Å². The Kier molecular flexibility index (Phi) is 7.99. The average molecular weight is 549 g/mol. The minimum Gasteiger partial charge on any atom is -0.480 e. The van der Waals surface area contributed by atoms with E-state index in [9.17, 15) is 4.79 Å². The van der Waals surface area contributed by atoms with Crippen molar-refractivity contribution in [2.75, 3.05) is 32.7 Å². The van der Waals surface area contributed by atoms with Crippen LogP contribution in [0.15, 0.2) is 42.6 Å². The summed E-state index contributed by atoms with van der Waals surface area (Å²) in [5.74, 6) is 0.338. The molecule has 4 heterocycles. The first-order valence-corrected chi connectivity index (χ1v) is 13.5. The standard InChI is InChI=1S/C29H33ClN6O3/c1-5-36-18(2)19(16-31-36)17-35(3)29(37)23-15-27(33-24-7-6-20(30)14-22(23)24)25-8-9-26(28(34-25)38-4)32-21-10-12-39-13-11-21/h6-9,14-16,21,32H,5,10-13,17H2,1-4H3. The number of aryl methyl sites for hydroxylation is 1. The lowest BCUT2D eigenvalue weighted by molar-refractivity contribution is 0.0786. The number of benzene rings is 1. The highest BCUT2D eigenvalue weighted by Gasteiger charge is 2.21. The number of halogens is 1. The van der Waals surface area contributed by atoms with Crippen LogP contribution in [0.4, 0.5) is 5.69 Å². The Labute approximate surface area is 233 Å². The average Bonchev–Trinajstić information content (AvgIpc) is 3.31. The molecule has 0 spiro atoms. The Bertz CT molecular complexity index is 1500. The fraction of sp³-hybridized carbons (Fsp3) is 0.379. The molecule has 1 saturated heterocycles. The van der Waals surface area contributed by atoms with E-state index < -0.39 is 0 Å². The molecule has 1 amide bonds. The quantitative estimate of drug-likeness (QED) is 0.317. The third-order valence-electron chi connectivity index (χ3n) is 7.16. The van der Waals surface area contributed by atoms with Crippen molar-refractivity contribution >= 4 is 34.1 Å². The molecule has 1 aliphatic heterocycles. The Balaban J connectivity index is 1.50. The number of ether oxygens (including phenoxy) is 2. The van der Waals surface area contributed by atoms with Gasteiger partial charge in [-0.2, -0.15) is 5.10 Å². The van der Waals surface area contributed by atoms with Gasteiger partial charge in [-0.1, -0.05) is 11.6 Å². The van der Waals surface area contributed by atoms with Gasteiger partial charge in [0.15, 0.2) is 0 Å². The van der Waals surface area contributed by atoms with E-state index in [2.05, 4.69) is 10.4 Å². The van der Waals surface area contributed by atoms with Gasteiger partial charge >= 0.3 is 0 Å². The predicted octanol–water partition coefficient (Wildman–Crippen LogP) is 5.35. The second-order valence-corrected chi connectivity index (χ2v) is 10.2. The first kappa shape index (κ1) is 26.9. The number of carbonyl (C=O) groups excluding carboxylic acids is 1. The Hall–Kier alpha value is -3.69. The summed E-state index contributed by atoms with van der Waals surface area (Å²) in [6.45, 7) is 6.75. The number of hydrogen-bond acceptors (Lipinski definition) is 7. The van der Waals surface area contributed by atoms with Crippen molar-refractivity contribution in [1.29, 1.82) is 0 Å². The minimum atomic E-state index is -0.140. The molecule has 1 aromatic carbocycles. The van der Waals surface area contributed by atoms with Crippen LogP contribution in [0.2, 0.25) is 5.02 Å². The maximum absolute atomic E-state index is 13.8. The van der Waals surface area contributed by atoms with E-state index in [1.165, 1.54) is 0 Å². The zero-order chi connectivity index (χ0) is 27.5. The van der Waals surface area contributed by atoms with Gasteiger partial charge in [-0.15, -0.1) is 0 Å². The second kappa shape index (κ2) is 11.6. The number of rotatable bonds is 8. The van der Waals surface area contributed by atoms with Crippen molar-refractivity contribution in [2.24, 2.45) is 0 Å². The summed E-state index contributed by atoms with van der Waals surface area (Å²) in [5.41, 5.74) is 5.22. The molecule has 9 nitrogen and oxygen atoms in total. The lowest BCUT2D eigenvalue weighted by Gasteiger charge is -2.24. The molecule has 0 unspecified atom stereocenters. The second-order valence-electron chi connectivity index (χ2n) is 9.73. The molecule has 5 rings (SSSR count). The summed E-state index contributed by atoms with van der Waals surface area (Å²) in [5, 5.41) is 9.17. The van der Waals surface area contributed by atoms with Gasteiger partial charge in [-0.05, 0) is 63.1 Å². The van der Waals surface area contributed by atoms with Crippen LogP contribution in [0.25, 0.3) is 22.3 Å². The highest BCUT2D eigenvalue weighted by Crippen LogP contribution is 2.31. The monoisotopic (exact) mass is 548 g/mol. The summed E-state index contributed by atoms with van der Waals surface area (Å²) in [7, 11) is 3.39. The minimum absolute atomic E-state index is 0.140. The third kappa shape index (κ3) is 5.69. The van der Waals surface area contributed by atoms with E-state index >= 15 is 0 Å². The SMILES string of the molecule is CCn1ncc(CN(C)C(=O)c2cc(-c3ccc(NC4CCOCC4)c(OC)n3)nc3ccc(Cl)cc23)c1C. The molecule has 4 aromatic rings. The Morgan fingerprint density at radius 1 is 1.18 bits per heavy atom. The van der Waals surface area contributed by atoms with E-state index in [1.54, 1.807) is 37.3 Å². The number of methoxy groups -OCH3 is 1. The van der Waals surface area contributed by atoms with Crippen LogP contribution in [-0.4, -0.2) is 64.0 Å². The van der Waals surface area contributed by atoms with Gasteiger partial charge in [-0.25, -0.2) is 9.97 Å². The lowest BCUT2D eigenvalue weighted by atomic mass is 10.0. The Morgan fingerprint density at radius 3 is 2.69 bits per heavy atom. The summed E-state index contributed by atoms with van der Waals surface area (Å²) in [6.07, 6.45) is 3.68. The van der Waals surface area contributed by atoms with Crippen molar-refractivity contribution in [2.45, 2.75) is 45.8 Å². The van der Waals surface area contributed by atoms with E-state index in [-0.39, 0.29) is 5.91 Å². The summed E-state index contributed by atoms with van der Waals surface area (Å²) < 4.78 is 13.0. The molecule has 204 valence electrons. The van der Waals surface area contributed by atoms with Gasteiger partial charge in [-0.3, -0.25) is 9.48 Å². The van der Waals surface area contributed by atoms with Crippen LogP contribution in [-0.2, 0) is 17.8 Å². The number of fused-ring (bicyclic) bond motifs is 1. The first-order valence-electron chi connectivity index (χ1n) is 13.1. The number of pyridine rings is 2. The molecule has 0 bridgehead atoms. The van der Waals surface area contributed by atoms with Gasteiger partial charge in [0.1, 0.15) is 0 Å². The largest absolute Gasteiger partial charge is 0.480 e. The zero-order valence-electron chi connectivity index (χ0n) is 22.7. The van der Waals surface area contributed by atoms with Crippen molar-refractivity contribution in [3.8, 4) is 17.3 Å². The molecule has 39 heavy (non-hydrogen) atoms. The molecule has 1 aliphatic rings. The van der Waals surface area contributed by atoms with Gasteiger partial charge in [0.25, 0.3) is 5.91 Å². The molecule has 1 fully saturated rings. The molecule has 0 radical (unpaired) electrons. The van der Waals surface area contributed by atoms with Crippen molar-refractivity contribution < 1.29 is 14.3 Å². The van der Waals surface area contributed by atoms with Gasteiger partial charge in [0.05, 0.1) is 41.5 Å². The summed E-state index contributed by atoms with van der Waals surface area (Å²) in [4.78, 5) is 25.1. The van der Waals surface area contributed by atoms with Crippen LogP contribution in [0.5, 0.6) is 5.88 Å². The maximum Gasteiger partial charge on any atom is 0.254 e. The van der Waals surface area contributed by atoms with E-state index in [1.807, 2.05) is 42.9 Å². The zero-order valence-corrected chi connectivity index (χ0v) is 23.5. The topological polar surface area (TPSA) is 94.4 Å². The molecular weight excluding hydrogens is 516 g/mol. The molecular formula is C29H33ClN6O3. The van der Waals surface area contributed by atoms with Crippen molar-refractivity contribution in [3.63, 3.8) is 0 Å². The van der Waals surface area contributed by atoms with Crippen molar-refractivity contribution in [3.05, 3.63) is 64.4 Å². The maximum atomic E-state index is 13.8. The number of nitrogens with zero attached hydrogens (tertiary/aromatic N) is 5. The smallest absolute Gasteiger partial charge is 0.254 e. The highest BCUT2D eigenvalue weighted by molar-refractivity contribution is 6.31. The molecule has 1 N–H and O–H groups in total. The fourth-order valence-electron chi connectivity index (χ4n) is 4.91. The van der Waals surface area contributed by atoms with Crippen LogP contribution in [0.1, 0.15) is 41.4 Å². The van der Waals surface area contributed by atoms with Crippen molar-refractivity contribution in [1.82, 2.24) is 24.6 Å². The summed E-state index contributed by atoms with van der Waals surface area (Å²) >= 11 is 6.33. The molecule has 0 aliphatic carbocycles. The molecule has 3 aromatic heterocycles. The number of anilines is 1. The number of aromatic nitrogens is 4. The first-order chi connectivity index (χ1) is 18.9. The number of carbonyl (C=O) groups is 1. The number of nitrogens with one attached hydrogen (secondary N) is 1. The number of hydrogen-bond donors (Lipinski definition) is 1. The fourth-order valence-corrected chi connectivity index (χ4v) is 5.08. The number of amides is 1. The molecule has 0 saturated carbocycles. The van der Waals surface area contributed by atoms with Crippen LogP contribution >= 0.6 is 11.6 Å². The lowest BCUT2D eigenvalue weighted by Crippen LogP contribution is -2.28. The van der Waals surface area contributed by atoms with E-state index in [0.29, 0.717) is 51.3 Å².